The van der Waals surface area contributed by atoms with Crippen molar-refractivity contribution < 1.29 is 0 Å². The largest absolute Gasteiger partial charge is 0.0788 e. The topological polar surface area (TPSA) is 0 Å². The van der Waals surface area contributed by atoms with Crippen molar-refractivity contribution >= 4 is 13.2 Å². The molecule has 1 rings (SSSR count). The summed E-state index contributed by atoms with van der Waals surface area (Å²) in [7, 11) is 0.127. The molecule has 1 heteroatoms. The van der Waals surface area contributed by atoms with E-state index in [0.29, 0.717) is 0 Å². The molecule has 0 radical (unpaired) electrons. The van der Waals surface area contributed by atoms with Crippen molar-refractivity contribution in [2.45, 2.75) is 6.92 Å². The minimum Gasteiger partial charge on any atom is -0.0788 e. The van der Waals surface area contributed by atoms with Crippen LogP contribution in [0.25, 0.3) is 0 Å². The second-order valence-electron chi connectivity index (χ2n) is 2.35. The van der Waals surface area contributed by atoms with Crippen LogP contribution in [0, 0.1) is 0 Å². The minimum absolute atomic E-state index is 0.127. The third-order valence-corrected chi connectivity index (χ3v) is 3.80. The van der Waals surface area contributed by atoms with E-state index < -0.39 is 0 Å². The van der Waals surface area contributed by atoms with E-state index in [4.69, 9.17) is 0 Å². The molecular weight excluding hydrogens is 139 g/mol. The van der Waals surface area contributed by atoms with Gasteiger partial charge in [0.2, 0.25) is 0 Å². The van der Waals surface area contributed by atoms with Crippen LogP contribution in [0.1, 0.15) is 6.92 Å². The van der Waals surface area contributed by atoms with Crippen LogP contribution in [0.2, 0.25) is 0 Å². The van der Waals surface area contributed by atoms with Crippen molar-refractivity contribution in [1.82, 2.24) is 0 Å². The van der Waals surface area contributed by atoms with Gasteiger partial charge in [0.1, 0.15) is 0 Å². The standard InChI is InChI=1S/C9H13P/c1-3-10(2)9-7-5-4-6-8-9/h4-8H,3H2,1-2H3. The molecule has 0 aromatic heterocycles. The third kappa shape index (κ3) is 1.82. The van der Waals surface area contributed by atoms with Crippen LogP contribution in [-0.4, -0.2) is 12.8 Å². The molecular formula is C9H13P. The summed E-state index contributed by atoms with van der Waals surface area (Å²) in [6, 6.07) is 10.7. The molecule has 0 aliphatic rings. The lowest BCUT2D eigenvalue weighted by Crippen LogP contribution is -1.98. The molecule has 0 N–H and O–H groups in total. The minimum atomic E-state index is 0.127. The van der Waals surface area contributed by atoms with Crippen LogP contribution >= 0.6 is 7.92 Å². The molecule has 54 valence electrons. The van der Waals surface area contributed by atoms with E-state index in [-0.39, 0.29) is 7.92 Å². The van der Waals surface area contributed by atoms with Crippen LogP contribution in [0.3, 0.4) is 0 Å². The summed E-state index contributed by atoms with van der Waals surface area (Å²) in [6.45, 7) is 4.57. The van der Waals surface area contributed by atoms with E-state index in [2.05, 4.69) is 43.9 Å². The zero-order valence-corrected chi connectivity index (χ0v) is 7.44. The predicted molar refractivity (Wildman–Crippen MR) is 49.5 cm³/mol. The van der Waals surface area contributed by atoms with Crippen molar-refractivity contribution in [2.75, 3.05) is 12.8 Å². The fourth-order valence-electron chi connectivity index (χ4n) is 0.865. The third-order valence-electron chi connectivity index (χ3n) is 1.67. The molecule has 10 heavy (non-hydrogen) atoms. The van der Waals surface area contributed by atoms with Crippen molar-refractivity contribution in [1.29, 1.82) is 0 Å². The van der Waals surface area contributed by atoms with Gasteiger partial charge < -0.3 is 0 Å². The highest BCUT2D eigenvalue weighted by atomic mass is 31.1. The number of benzene rings is 1. The smallest absolute Gasteiger partial charge is 0.0243 e. The number of rotatable bonds is 2. The molecule has 0 amide bonds. The van der Waals surface area contributed by atoms with Crippen LogP contribution in [0.5, 0.6) is 0 Å². The molecule has 0 bridgehead atoms. The summed E-state index contributed by atoms with van der Waals surface area (Å²) in [5.41, 5.74) is 0. The maximum absolute atomic E-state index is 2.32. The van der Waals surface area contributed by atoms with Crippen LogP contribution in [-0.2, 0) is 0 Å². The normalized spacial score (nSPS) is 13.0. The first-order valence-electron chi connectivity index (χ1n) is 3.60. The van der Waals surface area contributed by atoms with E-state index in [1.54, 1.807) is 0 Å². The van der Waals surface area contributed by atoms with E-state index in [0.717, 1.165) is 0 Å². The lowest BCUT2D eigenvalue weighted by molar-refractivity contribution is 1.50. The Balaban J connectivity index is 2.75. The monoisotopic (exact) mass is 152 g/mol. The average Bonchev–Trinajstić information content (AvgIpc) is 2.05. The van der Waals surface area contributed by atoms with Gasteiger partial charge in [0.25, 0.3) is 0 Å². The summed E-state index contributed by atoms with van der Waals surface area (Å²) >= 11 is 0. The fourth-order valence-corrected chi connectivity index (χ4v) is 1.91. The number of hydrogen-bond acceptors (Lipinski definition) is 0. The summed E-state index contributed by atoms with van der Waals surface area (Å²) < 4.78 is 0. The Morgan fingerprint density at radius 3 is 2.30 bits per heavy atom. The Kier molecular flexibility index (Phi) is 2.89. The molecule has 1 aromatic rings. The molecule has 0 nitrogen and oxygen atoms in total. The van der Waals surface area contributed by atoms with Crippen LogP contribution in [0.4, 0.5) is 0 Å². The molecule has 0 saturated carbocycles. The Labute approximate surface area is 64.0 Å². The summed E-state index contributed by atoms with van der Waals surface area (Å²) in [6.07, 6.45) is 1.29. The van der Waals surface area contributed by atoms with Gasteiger partial charge in [-0.15, -0.1) is 0 Å². The second-order valence-corrected chi connectivity index (χ2v) is 4.89. The van der Waals surface area contributed by atoms with Crippen molar-refractivity contribution in [3.05, 3.63) is 30.3 Å². The van der Waals surface area contributed by atoms with Gasteiger partial charge in [0.15, 0.2) is 0 Å². The molecule has 0 aliphatic carbocycles. The zero-order chi connectivity index (χ0) is 7.40. The summed E-state index contributed by atoms with van der Waals surface area (Å²) in [5.74, 6) is 0. The van der Waals surface area contributed by atoms with Gasteiger partial charge in [-0.25, -0.2) is 0 Å². The Morgan fingerprint density at radius 2 is 1.80 bits per heavy atom. The van der Waals surface area contributed by atoms with Gasteiger partial charge in [-0.3, -0.25) is 0 Å². The van der Waals surface area contributed by atoms with Crippen LogP contribution < -0.4 is 5.30 Å². The van der Waals surface area contributed by atoms with Gasteiger partial charge in [-0.2, -0.15) is 0 Å². The lowest BCUT2D eigenvalue weighted by Gasteiger charge is -2.07. The molecule has 0 fully saturated rings. The highest BCUT2D eigenvalue weighted by molar-refractivity contribution is 7.64. The maximum atomic E-state index is 2.32. The molecule has 0 aliphatic heterocycles. The average molecular weight is 152 g/mol. The van der Waals surface area contributed by atoms with E-state index in [9.17, 15) is 0 Å². The first-order valence-corrected chi connectivity index (χ1v) is 5.58. The van der Waals surface area contributed by atoms with E-state index in [1.807, 2.05) is 0 Å². The van der Waals surface area contributed by atoms with Crippen molar-refractivity contribution in [2.24, 2.45) is 0 Å². The van der Waals surface area contributed by atoms with Crippen molar-refractivity contribution in [3.63, 3.8) is 0 Å². The van der Waals surface area contributed by atoms with Crippen molar-refractivity contribution in [3.8, 4) is 0 Å². The SMILES string of the molecule is CCP(C)c1ccccc1. The Morgan fingerprint density at radius 1 is 1.20 bits per heavy atom. The highest BCUT2D eigenvalue weighted by Crippen LogP contribution is 2.27. The second kappa shape index (κ2) is 3.73. The molecule has 1 unspecified atom stereocenters. The summed E-state index contributed by atoms with van der Waals surface area (Å²) in [4.78, 5) is 0. The first-order chi connectivity index (χ1) is 4.84. The molecule has 0 spiro atoms. The first kappa shape index (κ1) is 7.75. The zero-order valence-electron chi connectivity index (χ0n) is 6.54. The van der Waals surface area contributed by atoms with Gasteiger partial charge in [0, 0.05) is 0 Å². The summed E-state index contributed by atoms with van der Waals surface area (Å²) in [5, 5.41) is 1.51. The number of hydrogen-bond donors (Lipinski definition) is 0. The molecule has 0 heterocycles. The highest BCUT2D eigenvalue weighted by Gasteiger charge is 1.97. The Hall–Kier alpha value is -0.350. The maximum Gasteiger partial charge on any atom is -0.0243 e. The van der Waals surface area contributed by atoms with Gasteiger partial charge >= 0.3 is 0 Å². The van der Waals surface area contributed by atoms with E-state index in [1.165, 1.54) is 11.5 Å². The fraction of sp³-hybridized carbons (Fsp3) is 0.333. The van der Waals surface area contributed by atoms with Crippen LogP contribution in [0.15, 0.2) is 30.3 Å². The molecule has 1 atom stereocenters. The van der Waals surface area contributed by atoms with Gasteiger partial charge in [-0.05, 0) is 18.1 Å². The molecule has 0 saturated heterocycles. The van der Waals surface area contributed by atoms with Gasteiger partial charge in [0.05, 0.1) is 0 Å². The van der Waals surface area contributed by atoms with E-state index >= 15 is 0 Å². The molecule has 1 aromatic carbocycles. The predicted octanol–water partition coefficient (Wildman–Crippen LogP) is 2.44. The Bertz CT molecular complexity index is 181. The quantitative estimate of drug-likeness (QED) is 0.571. The lowest BCUT2D eigenvalue weighted by atomic mass is 10.4. The van der Waals surface area contributed by atoms with Gasteiger partial charge in [-0.1, -0.05) is 45.2 Å².